The topological polar surface area (TPSA) is 67.9 Å². The molecule has 0 aromatic heterocycles. The summed E-state index contributed by atoms with van der Waals surface area (Å²) in [6, 6.07) is 8.07. The Labute approximate surface area is 166 Å². The van der Waals surface area contributed by atoms with Gasteiger partial charge < -0.3 is 19.7 Å². The summed E-state index contributed by atoms with van der Waals surface area (Å²) in [6.45, 7) is 2.83. The summed E-state index contributed by atoms with van der Waals surface area (Å²) in [5.74, 6) is 1.49. The molecule has 6 nitrogen and oxygen atoms in total. The van der Waals surface area contributed by atoms with E-state index >= 15 is 0 Å². The molecule has 4 rings (SSSR count). The number of hydrogen-bond donors (Lipinski definition) is 1. The Morgan fingerprint density at radius 1 is 1.18 bits per heavy atom. The molecule has 1 N–H and O–H groups in total. The molecule has 28 heavy (non-hydrogen) atoms. The van der Waals surface area contributed by atoms with Crippen LogP contribution in [0.2, 0.25) is 0 Å². The molecule has 3 heterocycles. The van der Waals surface area contributed by atoms with Crippen LogP contribution in [0.15, 0.2) is 24.3 Å². The highest BCUT2D eigenvalue weighted by atomic mass is 16.5. The number of likely N-dealkylation sites (tertiary alicyclic amines) is 1. The number of carbonyl (C=O) groups excluding carboxylic acids is 2. The number of piperidine rings is 1. The van der Waals surface area contributed by atoms with E-state index in [2.05, 4.69) is 11.4 Å². The number of para-hydroxylation sites is 1. The predicted octanol–water partition coefficient (Wildman–Crippen LogP) is 2.48. The molecule has 3 aliphatic heterocycles. The van der Waals surface area contributed by atoms with Crippen molar-refractivity contribution in [2.24, 2.45) is 5.92 Å². The van der Waals surface area contributed by atoms with Crippen molar-refractivity contribution in [3.05, 3.63) is 29.8 Å². The van der Waals surface area contributed by atoms with Crippen LogP contribution in [0.4, 0.5) is 0 Å². The van der Waals surface area contributed by atoms with Crippen LogP contribution in [0.5, 0.6) is 5.75 Å². The van der Waals surface area contributed by atoms with E-state index in [0.717, 1.165) is 56.5 Å². The third kappa shape index (κ3) is 3.88. The van der Waals surface area contributed by atoms with Gasteiger partial charge in [-0.3, -0.25) is 9.59 Å². The molecule has 0 bridgehead atoms. The Balaban J connectivity index is 1.45. The quantitative estimate of drug-likeness (QED) is 0.867. The van der Waals surface area contributed by atoms with E-state index < -0.39 is 0 Å². The zero-order valence-electron chi connectivity index (χ0n) is 16.6. The lowest BCUT2D eigenvalue weighted by molar-refractivity contribution is -0.142. The van der Waals surface area contributed by atoms with Crippen LogP contribution in [0, 0.1) is 5.92 Å². The van der Waals surface area contributed by atoms with Crippen molar-refractivity contribution in [1.82, 2.24) is 10.2 Å². The Hall–Kier alpha value is -2.08. The molecule has 6 heteroatoms. The summed E-state index contributed by atoms with van der Waals surface area (Å²) in [4.78, 5) is 26.9. The zero-order chi connectivity index (χ0) is 19.6. The van der Waals surface area contributed by atoms with Crippen molar-refractivity contribution in [1.29, 1.82) is 0 Å². The maximum atomic E-state index is 12.8. The van der Waals surface area contributed by atoms with E-state index in [1.54, 1.807) is 7.05 Å². The molecule has 2 amide bonds. The third-order valence-corrected chi connectivity index (χ3v) is 6.57. The summed E-state index contributed by atoms with van der Waals surface area (Å²) < 4.78 is 11.9. The summed E-state index contributed by atoms with van der Waals surface area (Å²) in [5, 5.41) is 2.75. The van der Waals surface area contributed by atoms with Gasteiger partial charge in [0, 0.05) is 64.4 Å². The number of rotatable bonds is 3. The van der Waals surface area contributed by atoms with Gasteiger partial charge in [-0.05, 0) is 30.9 Å². The van der Waals surface area contributed by atoms with Crippen LogP contribution < -0.4 is 10.1 Å². The fourth-order valence-electron chi connectivity index (χ4n) is 4.90. The highest BCUT2D eigenvalue weighted by Crippen LogP contribution is 2.46. The first-order valence-corrected chi connectivity index (χ1v) is 10.5. The van der Waals surface area contributed by atoms with Crippen LogP contribution in [-0.2, 0) is 14.3 Å². The lowest BCUT2D eigenvalue weighted by Gasteiger charge is -2.47. The van der Waals surface area contributed by atoms with Gasteiger partial charge in [0.15, 0.2) is 0 Å². The van der Waals surface area contributed by atoms with Gasteiger partial charge >= 0.3 is 0 Å². The number of carbonyl (C=O) groups is 2. The fourth-order valence-corrected chi connectivity index (χ4v) is 4.90. The number of ether oxygens (including phenoxy) is 2. The Morgan fingerprint density at radius 3 is 2.61 bits per heavy atom. The standard InChI is InChI=1S/C22H30N2O4/c1-23-20(25)14-17-15-22(28-19-5-3-2-4-18(17)19)8-10-24(11-9-22)21(26)16-6-12-27-13-7-16/h2-5,16-17H,6-15H2,1H3,(H,23,25)/t17-/m1/s1. The monoisotopic (exact) mass is 386 g/mol. The van der Waals surface area contributed by atoms with E-state index in [0.29, 0.717) is 19.6 Å². The minimum Gasteiger partial charge on any atom is -0.487 e. The summed E-state index contributed by atoms with van der Waals surface area (Å²) >= 11 is 0. The predicted molar refractivity (Wildman–Crippen MR) is 105 cm³/mol. The Morgan fingerprint density at radius 2 is 1.89 bits per heavy atom. The first-order valence-electron chi connectivity index (χ1n) is 10.5. The van der Waals surface area contributed by atoms with Crippen molar-refractivity contribution >= 4 is 11.8 Å². The summed E-state index contributed by atoms with van der Waals surface area (Å²) in [6.07, 6.45) is 4.61. The van der Waals surface area contributed by atoms with Crippen LogP contribution >= 0.6 is 0 Å². The van der Waals surface area contributed by atoms with Crippen LogP contribution in [-0.4, -0.2) is 55.7 Å². The Kier molecular flexibility index (Phi) is 5.58. The zero-order valence-corrected chi connectivity index (χ0v) is 16.6. The molecular weight excluding hydrogens is 356 g/mol. The smallest absolute Gasteiger partial charge is 0.225 e. The SMILES string of the molecule is CNC(=O)C[C@@H]1CC2(CCN(C(=O)C3CCOCC3)CC2)Oc2ccccc21. The van der Waals surface area contributed by atoms with E-state index in [1.807, 2.05) is 23.1 Å². The second-order valence-electron chi connectivity index (χ2n) is 8.31. The highest BCUT2D eigenvalue weighted by molar-refractivity contribution is 5.79. The van der Waals surface area contributed by atoms with Crippen molar-refractivity contribution in [3.63, 3.8) is 0 Å². The number of hydrogen-bond acceptors (Lipinski definition) is 4. The van der Waals surface area contributed by atoms with Crippen LogP contribution in [0.25, 0.3) is 0 Å². The van der Waals surface area contributed by atoms with Crippen molar-refractivity contribution in [2.45, 2.75) is 50.0 Å². The second-order valence-corrected chi connectivity index (χ2v) is 8.31. The third-order valence-electron chi connectivity index (χ3n) is 6.57. The number of fused-ring (bicyclic) bond motifs is 1. The molecule has 2 saturated heterocycles. The van der Waals surface area contributed by atoms with Gasteiger partial charge in [0.2, 0.25) is 11.8 Å². The van der Waals surface area contributed by atoms with Gasteiger partial charge in [0.25, 0.3) is 0 Å². The first kappa shape index (κ1) is 19.2. The van der Waals surface area contributed by atoms with Crippen molar-refractivity contribution in [3.8, 4) is 5.75 Å². The lowest BCUT2D eigenvalue weighted by atomic mass is 9.76. The van der Waals surface area contributed by atoms with Crippen molar-refractivity contribution in [2.75, 3.05) is 33.4 Å². The van der Waals surface area contributed by atoms with Gasteiger partial charge in [-0.25, -0.2) is 0 Å². The molecule has 0 aliphatic carbocycles. The summed E-state index contributed by atoms with van der Waals surface area (Å²) in [5.41, 5.74) is 0.844. The highest BCUT2D eigenvalue weighted by Gasteiger charge is 2.44. The van der Waals surface area contributed by atoms with Gasteiger partial charge in [-0.15, -0.1) is 0 Å². The molecule has 3 aliphatic rings. The first-order chi connectivity index (χ1) is 13.6. The Bertz CT molecular complexity index is 721. The fraction of sp³-hybridized carbons (Fsp3) is 0.636. The largest absolute Gasteiger partial charge is 0.487 e. The molecule has 1 aromatic rings. The van der Waals surface area contributed by atoms with Crippen LogP contribution in [0.3, 0.4) is 0 Å². The minimum atomic E-state index is -0.278. The molecular formula is C22H30N2O4. The summed E-state index contributed by atoms with van der Waals surface area (Å²) in [7, 11) is 1.68. The van der Waals surface area contributed by atoms with E-state index in [4.69, 9.17) is 9.47 Å². The molecule has 1 atom stereocenters. The average Bonchev–Trinajstić information content (AvgIpc) is 2.74. The van der Waals surface area contributed by atoms with E-state index in [1.165, 1.54) is 0 Å². The van der Waals surface area contributed by atoms with Gasteiger partial charge in [-0.1, -0.05) is 18.2 Å². The molecule has 1 aromatic carbocycles. The minimum absolute atomic E-state index is 0.0592. The molecule has 1 spiro atoms. The molecule has 0 unspecified atom stereocenters. The second kappa shape index (κ2) is 8.11. The van der Waals surface area contributed by atoms with Crippen LogP contribution in [0.1, 0.15) is 50.0 Å². The molecule has 2 fully saturated rings. The molecule has 0 saturated carbocycles. The number of amides is 2. The maximum Gasteiger partial charge on any atom is 0.225 e. The van der Waals surface area contributed by atoms with Gasteiger partial charge in [0.1, 0.15) is 11.4 Å². The number of nitrogens with zero attached hydrogens (tertiary/aromatic N) is 1. The lowest BCUT2D eigenvalue weighted by Crippen LogP contribution is -2.53. The van der Waals surface area contributed by atoms with Gasteiger partial charge in [0.05, 0.1) is 0 Å². The average molecular weight is 386 g/mol. The molecule has 0 radical (unpaired) electrons. The molecule has 152 valence electrons. The van der Waals surface area contributed by atoms with Gasteiger partial charge in [-0.2, -0.15) is 0 Å². The van der Waals surface area contributed by atoms with E-state index in [-0.39, 0.29) is 29.3 Å². The number of nitrogens with one attached hydrogen (secondary N) is 1. The maximum absolute atomic E-state index is 12.8. The van der Waals surface area contributed by atoms with Crippen molar-refractivity contribution < 1.29 is 19.1 Å². The normalized spacial score (nSPS) is 24.3. The van der Waals surface area contributed by atoms with E-state index in [9.17, 15) is 9.59 Å². The number of benzene rings is 1.